The number of rotatable bonds is 9. The quantitative estimate of drug-likeness (QED) is 0.387. The summed E-state index contributed by atoms with van der Waals surface area (Å²) in [5, 5.41) is 17.7. The van der Waals surface area contributed by atoms with Crippen molar-refractivity contribution in [1.82, 2.24) is 20.4 Å². The lowest BCUT2D eigenvalue weighted by molar-refractivity contribution is -0.0180. The first-order valence-corrected chi connectivity index (χ1v) is 12.3. The topological polar surface area (TPSA) is 72.4 Å². The molecule has 0 radical (unpaired) electrons. The fraction of sp³-hybridized carbons (Fsp3) is 0.957. The van der Waals surface area contributed by atoms with Crippen LogP contribution in [0.5, 0.6) is 0 Å². The lowest BCUT2D eigenvalue weighted by atomic mass is 9.89. The summed E-state index contributed by atoms with van der Waals surface area (Å²) in [6.45, 7) is 12.6. The van der Waals surface area contributed by atoms with Gasteiger partial charge in [0.2, 0.25) is 0 Å². The summed E-state index contributed by atoms with van der Waals surface area (Å²) in [7, 11) is 0. The Kier molecular flexibility index (Phi) is 9.68. The highest BCUT2D eigenvalue weighted by molar-refractivity contribution is 5.79. The summed E-state index contributed by atoms with van der Waals surface area (Å²) in [5.74, 6) is 1.72. The lowest BCUT2D eigenvalue weighted by Crippen LogP contribution is -2.49. The predicted octanol–water partition coefficient (Wildman–Crippen LogP) is 1.67. The number of guanidine groups is 1. The Morgan fingerprint density at radius 1 is 1.07 bits per heavy atom. The van der Waals surface area contributed by atoms with E-state index in [4.69, 9.17) is 9.73 Å². The summed E-state index contributed by atoms with van der Waals surface area (Å²) >= 11 is 0. The number of morpholine rings is 1. The number of aliphatic hydroxyl groups is 1. The van der Waals surface area contributed by atoms with E-state index in [0.717, 1.165) is 51.3 Å². The van der Waals surface area contributed by atoms with Gasteiger partial charge in [0.05, 0.1) is 25.4 Å². The van der Waals surface area contributed by atoms with Crippen molar-refractivity contribution in [3.05, 3.63) is 0 Å². The van der Waals surface area contributed by atoms with Gasteiger partial charge in [-0.2, -0.15) is 0 Å². The van der Waals surface area contributed by atoms with Gasteiger partial charge in [-0.1, -0.05) is 19.3 Å². The van der Waals surface area contributed by atoms with Gasteiger partial charge in [0, 0.05) is 45.3 Å². The molecule has 2 aliphatic heterocycles. The van der Waals surface area contributed by atoms with E-state index in [2.05, 4.69) is 27.4 Å². The molecule has 7 heteroatoms. The Hall–Kier alpha value is -0.890. The third kappa shape index (κ3) is 7.98. The summed E-state index contributed by atoms with van der Waals surface area (Å²) in [5.41, 5.74) is -0.833. The molecule has 30 heavy (non-hydrogen) atoms. The molecule has 2 saturated heterocycles. The van der Waals surface area contributed by atoms with E-state index in [9.17, 15) is 5.11 Å². The normalized spacial score (nSPS) is 27.2. The van der Waals surface area contributed by atoms with Gasteiger partial charge < -0.3 is 20.5 Å². The van der Waals surface area contributed by atoms with Crippen molar-refractivity contribution in [2.75, 3.05) is 65.6 Å². The zero-order valence-electron chi connectivity index (χ0n) is 19.4. The van der Waals surface area contributed by atoms with Crippen molar-refractivity contribution in [3.63, 3.8) is 0 Å². The molecule has 0 bridgehead atoms. The van der Waals surface area contributed by atoms with Gasteiger partial charge in [-0.15, -0.1) is 0 Å². The third-order valence-corrected chi connectivity index (χ3v) is 6.81. The van der Waals surface area contributed by atoms with Crippen LogP contribution < -0.4 is 10.6 Å². The van der Waals surface area contributed by atoms with Crippen molar-refractivity contribution in [2.24, 2.45) is 10.9 Å². The van der Waals surface area contributed by atoms with Crippen LogP contribution in [0.2, 0.25) is 0 Å². The number of hydrogen-bond acceptors (Lipinski definition) is 5. The molecule has 0 spiro atoms. The molecule has 2 unspecified atom stereocenters. The number of nitrogens with one attached hydrogen (secondary N) is 2. The zero-order valence-corrected chi connectivity index (χ0v) is 19.4. The van der Waals surface area contributed by atoms with Crippen LogP contribution in [0.1, 0.15) is 58.8 Å². The number of ether oxygens (including phenoxy) is 1. The first-order valence-electron chi connectivity index (χ1n) is 12.3. The number of aliphatic imine (C=N–C) groups is 1. The fourth-order valence-electron chi connectivity index (χ4n) is 5.16. The second-order valence-corrected chi connectivity index (χ2v) is 9.76. The van der Waals surface area contributed by atoms with Gasteiger partial charge in [-0.25, -0.2) is 0 Å². The molecule has 0 aromatic carbocycles. The first-order chi connectivity index (χ1) is 14.6. The molecule has 3 rings (SSSR count). The molecular weight excluding hydrogens is 378 g/mol. The zero-order chi connectivity index (χ0) is 21.2. The average molecular weight is 424 g/mol. The van der Waals surface area contributed by atoms with Crippen LogP contribution in [-0.2, 0) is 4.74 Å². The van der Waals surface area contributed by atoms with E-state index >= 15 is 0 Å². The molecule has 3 N–H and O–H groups in total. The van der Waals surface area contributed by atoms with Crippen molar-refractivity contribution in [2.45, 2.75) is 70.4 Å². The minimum atomic E-state index is -0.833. The molecule has 2 heterocycles. The smallest absolute Gasteiger partial charge is 0.191 e. The van der Waals surface area contributed by atoms with Gasteiger partial charge >= 0.3 is 0 Å². The lowest BCUT2D eigenvalue weighted by Gasteiger charge is -2.33. The number of likely N-dealkylation sites (tertiary alicyclic amines) is 1. The van der Waals surface area contributed by atoms with Gasteiger partial charge in [0.15, 0.2) is 5.96 Å². The molecule has 0 aromatic heterocycles. The highest BCUT2D eigenvalue weighted by Gasteiger charge is 2.28. The first kappa shape index (κ1) is 23.8. The predicted molar refractivity (Wildman–Crippen MR) is 123 cm³/mol. The minimum Gasteiger partial charge on any atom is -0.387 e. The van der Waals surface area contributed by atoms with Crippen molar-refractivity contribution < 1.29 is 9.84 Å². The Morgan fingerprint density at radius 2 is 1.83 bits per heavy atom. The third-order valence-electron chi connectivity index (χ3n) is 6.81. The molecule has 0 aromatic rings. The second-order valence-electron chi connectivity index (χ2n) is 9.76. The van der Waals surface area contributed by atoms with Gasteiger partial charge in [-0.3, -0.25) is 14.8 Å². The van der Waals surface area contributed by atoms with E-state index < -0.39 is 5.60 Å². The number of nitrogens with zero attached hydrogens (tertiary/aromatic N) is 3. The molecule has 1 saturated carbocycles. The monoisotopic (exact) mass is 423 g/mol. The molecule has 3 aliphatic rings. The van der Waals surface area contributed by atoms with Crippen LogP contribution in [-0.4, -0.2) is 98.1 Å². The van der Waals surface area contributed by atoms with Crippen LogP contribution in [0.3, 0.4) is 0 Å². The van der Waals surface area contributed by atoms with Gasteiger partial charge in [-0.05, 0) is 52.0 Å². The van der Waals surface area contributed by atoms with Crippen LogP contribution in [0.15, 0.2) is 4.99 Å². The molecule has 7 nitrogen and oxygen atoms in total. The Balaban J connectivity index is 1.46. The molecule has 1 aliphatic carbocycles. The molecule has 0 amide bonds. The van der Waals surface area contributed by atoms with Crippen molar-refractivity contribution in [1.29, 1.82) is 0 Å². The maximum absolute atomic E-state index is 10.8. The fourth-order valence-corrected chi connectivity index (χ4v) is 5.16. The van der Waals surface area contributed by atoms with Gasteiger partial charge in [0.25, 0.3) is 0 Å². The minimum absolute atomic E-state index is 0.399. The van der Waals surface area contributed by atoms with Crippen LogP contribution in [0.25, 0.3) is 0 Å². The summed E-state index contributed by atoms with van der Waals surface area (Å²) in [6, 6.07) is 0.602. The largest absolute Gasteiger partial charge is 0.387 e. The molecule has 174 valence electrons. The van der Waals surface area contributed by atoms with E-state index in [1.54, 1.807) is 0 Å². The molecule has 2 atom stereocenters. The van der Waals surface area contributed by atoms with Crippen molar-refractivity contribution >= 4 is 5.96 Å². The van der Waals surface area contributed by atoms with E-state index in [1.807, 2.05) is 6.92 Å². The highest BCUT2D eigenvalue weighted by atomic mass is 16.5. The van der Waals surface area contributed by atoms with Crippen LogP contribution in [0.4, 0.5) is 0 Å². The van der Waals surface area contributed by atoms with Gasteiger partial charge in [0.1, 0.15) is 0 Å². The highest BCUT2D eigenvalue weighted by Crippen LogP contribution is 2.27. The second kappa shape index (κ2) is 12.2. The summed E-state index contributed by atoms with van der Waals surface area (Å²) < 4.78 is 5.41. The Morgan fingerprint density at radius 3 is 2.57 bits per heavy atom. The van der Waals surface area contributed by atoms with Crippen LogP contribution >= 0.6 is 0 Å². The average Bonchev–Trinajstić information content (AvgIpc) is 3.18. The summed E-state index contributed by atoms with van der Waals surface area (Å²) in [6.07, 6.45) is 9.68. The van der Waals surface area contributed by atoms with E-state index in [1.165, 1.54) is 58.0 Å². The Labute approximate surface area is 183 Å². The van der Waals surface area contributed by atoms with E-state index in [0.29, 0.717) is 19.1 Å². The maximum Gasteiger partial charge on any atom is 0.191 e. The SMILES string of the molecule is CCNC(=NCC(C)(O)CN1CCOCC1)NCC1CCCN1CC1CCCCC1. The Bertz CT molecular complexity index is 516. The number of hydrogen-bond donors (Lipinski definition) is 3. The number of β-amino-alcohol motifs (C(OH)–C–C–N with tert-alkyl or cyclic N) is 1. The van der Waals surface area contributed by atoms with Crippen molar-refractivity contribution in [3.8, 4) is 0 Å². The molecule has 3 fully saturated rings. The standard InChI is InChI=1S/C23H45N5O2/c1-3-24-22(26-18-23(2,29)19-27-12-14-30-15-13-27)25-16-21-10-7-11-28(21)17-20-8-5-4-6-9-20/h20-21,29H,3-19H2,1-2H3,(H2,24,25,26). The van der Waals surface area contributed by atoms with Crippen LogP contribution in [0, 0.1) is 5.92 Å². The maximum atomic E-state index is 10.8. The summed E-state index contributed by atoms with van der Waals surface area (Å²) in [4.78, 5) is 9.69. The molecular formula is C23H45N5O2. The van der Waals surface area contributed by atoms with E-state index in [-0.39, 0.29) is 0 Å².